The SMILES string of the molecule is CCc1cc(C(N)=O)c(NC(=O)Cc2ccccc2)s1. The Balaban J connectivity index is 2.11. The van der Waals surface area contributed by atoms with Gasteiger partial charge in [0.1, 0.15) is 5.00 Å². The summed E-state index contributed by atoms with van der Waals surface area (Å²) in [4.78, 5) is 24.4. The predicted octanol–water partition coefficient (Wildman–Crippen LogP) is 2.59. The van der Waals surface area contributed by atoms with E-state index in [1.165, 1.54) is 11.3 Å². The first-order chi connectivity index (χ1) is 9.60. The van der Waals surface area contributed by atoms with Crippen molar-refractivity contribution < 1.29 is 9.59 Å². The second-order valence-corrected chi connectivity index (χ2v) is 5.52. The Kier molecular flexibility index (Phi) is 4.53. The lowest BCUT2D eigenvalue weighted by Gasteiger charge is -2.04. The van der Waals surface area contributed by atoms with Gasteiger partial charge in [0.25, 0.3) is 5.91 Å². The first-order valence-corrected chi connectivity index (χ1v) is 7.18. The maximum absolute atomic E-state index is 12.0. The Bertz CT molecular complexity index is 620. The molecule has 5 heteroatoms. The minimum atomic E-state index is -0.518. The van der Waals surface area contributed by atoms with Gasteiger partial charge in [-0.1, -0.05) is 37.3 Å². The molecule has 0 atom stereocenters. The Morgan fingerprint density at radius 1 is 1.25 bits per heavy atom. The van der Waals surface area contributed by atoms with E-state index < -0.39 is 5.91 Å². The van der Waals surface area contributed by atoms with Gasteiger partial charge in [-0.2, -0.15) is 0 Å². The second kappa shape index (κ2) is 6.34. The number of hydrogen-bond acceptors (Lipinski definition) is 3. The summed E-state index contributed by atoms with van der Waals surface area (Å²) in [5.74, 6) is -0.667. The van der Waals surface area contributed by atoms with Crippen LogP contribution in [-0.4, -0.2) is 11.8 Å². The largest absolute Gasteiger partial charge is 0.366 e. The molecular formula is C15H16N2O2S. The lowest BCUT2D eigenvalue weighted by molar-refractivity contribution is -0.115. The van der Waals surface area contributed by atoms with Crippen LogP contribution >= 0.6 is 11.3 Å². The summed E-state index contributed by atoms with van der Waals surface area (Å²) in [5.41, 5.74) is 6.64. The molecule has 0 spiro atoms. The van der Waals surface area contributed by atoms with Crippen LogP contribution in [-0.2, 0) is 17.6 Å². The minimum absolute atomic E-state index is 0.150. The van der Waals surface area contributed by atoms with Crippen LogP contribution in [0, 0.1) is 0 Å². The molecule has 4 nitrogen and oxygen atoms in total. The zero-order valence-corrected chi connectivity index (χ0v) is 12.0. The monoisotopic (exact) mass is 288 g/mol. The normalized spacial score (nSPS) is 10.2. The number of thiophene rings is 1. The van der Waals surface area contributed by atoms with Gasteiger partial charge in [0, 0.05) is 4.88 Å². The molecule has 0 unspecified atom stereocenters. The standard InChI is InChI=1S/C15H16N2O2S/c1-2-11-9-12(14(16)19)15(20-11)17-13(18)8-10-6-4-3-5-7-10/h3-7,9H,2,8H2,1H3,(H2,16,19)(H,17,18). The van der Waals surface area contributed by atoms with Crippen molar-refractivity contribution in [3.63, 3.8) is 0 Å². The molecule has 1 aromatic heterocycles. The van der Waals surface area contributed by atoms with Crippen molar-refractivity contribution in [1.29, 1.82) is 0 Å². The van der Waals surface area contributed by atoms with Gasteiger partial charge in [0.15, 0.2) is 0 Å². The number of aryl methyl sites for hydroxylation is 1. The topological polar surface area (TPSA) is 72.2 Å². The predicted molar refractivity (Wildman–Crippen MR) is 81.0 cm³/mol. The van der Waals surface area contributed by atoms with Crippen molar-refractivity contribution in [2.45, 2.75) is 19.8 Å². The Morgan fingerprint density at radius 2 is 1.95 bits per heavy atom. The second-order valence-electron chi connectivity index (χ2n) is 4.38. The van der Waals surface area contributed by atoms with E-state index in [1.807, 2.05) is 37.3 Å². The number of carbonyl (C=O) groups is 2. The first-order valence-electron chi connectivity index (χ1n) is 6.36. The summed E-state index contributed by atoms with van der Waals surface area (Å²) in [6.07, 6.45) is 1.08. The summed E-state index contributed by atoms with van der Waals surface area (Å²) in [6, 6.07) is 11.2. The third kappa shape index (κ3) is 3.45. The van der Waals surface area contributed by atoms with Gasteiger partial charge in [-0.15, -0.1) is 11.3 Å². The molecule has 2 aromatic rings. The van der Waals surface area contributed by atoms with Crippen LogP contribution in [0.25, 0.3) is 0 Å². The molecule has 1 aromatic carbocycles. The molecule has 0 radical (unpaired) electrons. The summed E-state index contributed by atoms with van der Waals surface area (Å²) < 4.78 is 0. The van der Waals surface area contributed by atoms with Crippen molar-refractivity contribution in [3.05, 3.63) is 52.4 Å². The van der Waals surface area contributed by atoms with Crippen LogP contribution in [0.2, 0.25) is 0 Å². The number of rotatable bonds is 5. The van der Waals surface area contributed by atoms with Gasteiger partial charge in [-0.05, 0) is 18.1 Å². The number of nitrogens with two attached hydrogens (primary N) is 1. The van der Waals surface area contributed by atoms with E-state index in [0.717, 1.165) is 16.9 Å². The van der Waals surface area contributed by atoms with Crippen LogP contribution in [0.15, 0.2) is 36.4 Å². The Hall–Kier alpha value is -2.14. The molecule has 0 saturated heterocycles. The quantitative estimate of drug-likeness (QED) is 0.887. The van der Waals surface area contributed by atoms with Crippen LogP contribution in [0.3, 0.4) is 0 Å². The molecule has 0 saturated carbocycles. The van der Waals surface area contributed by atoms with Crippen LogP contribution in [0.4, 0.5) is 5.00 Å². The highest BCUT2D eigenvalue weighted by atomic mass is 32.1. The minimum Gasteiger partial charge on any atom is -0.366 e. The van der Waals surface area contributed by atoms with Gasteiger partial charge in [0.05, 0.1) is 12.0 Å². The summed E-state index contributed by atoms with van der Waals surface area (Å²) in [7, 11) is 0. The third-order valence-corrected chi connectivity index (χ3v) is 4.05. The van der Waals surface area contributed by atoms with Gasteiger partial charge in [0.2, 0.25) is 5.91 Å². The van der Waals surface area contributed by atoms with E-state index in [2.05, 4.69) is 5.32 Å². The average molecular weight is 288 g/mol. The average Bonchev–Trinajstić information content (AvgIpc) is 2.83. The molecule has 0 bridgehead atoms. The maximum Gasteiger partial charge on any atom is 0.251 e. The fourth-order valence-corrected chi connectivity index (χ4v) is 2.86. The fourth-order valence-electron chi connectivity index (χ4n) is 1.84. The van der Waals surface area contributed by atoms with Gasteiger partial charge < -0.3 is 11.1 Å². The van der Waals surface area contributed by atoms with Gasteiger partial charge in [-0.25, -0.2) is 0 Å². The number of anilines is 1. The van der Waals surface area contributed by atoms with E-state index >= 15 is 0 Å². The lowest BCUT2D eigenvalue weighted by atomic mass is 10.1. The molecular weight excluding hydrogens is 272 g/mol. The van der Waals surface area contributed by atoms with Crippen LogP contribution < -0.4 is 11.1 Å². The number of nitrogens with one attached hydrogen (secondary N) is 1. The number of hydrogen-bond donors (Lipinski definition) is 2. The fraction of sp³-hybridized carbons (Fsp3) is 0.200. The first kappa shape index (κ1) is 14.3. The van der Waals surface area contributed by atoms with Crippen molar-refractivity contribution in [2.24, 2.45) is 5.73 Å². The molecule has 1 heterocycles. The lowest BCUT2D eigenvalue weighted by Crippen LogP contribution is -2.17. The molecule has 2 amide bonds. The van der Waals surface area contributed by atoms with Gasteiger partial charge >= 0.3 is 0 Å². The van der Waals surface area contributed by atoms with E-state index in [9.17, 15) is 9.59 Å². The smallest absolute Gasteiger partial charge is 0.251 e. The van der Waals surface area contributed by atoms with Crippen molar-refractivity contribution >= 4 is 28.2 Å². The van der Waals surface area contributed by atoms with E-state index in [1.54, 1.807) is 6.07 Å². The van der Waals surface area contributed by atoms with E-state index in [-0.39, 0.29) is 12.3 Å². The number of carbonyl (C=O) groups excluding carboxylic acids is 2. The summed E-state index contributed by atoms with van der Waals surface area (Å²) in [5, 5.41) is 3.31. The Morgan fingerprint density at radius 3 is 2.55 bits per heavy atom. The summed E-state index contributed by atoms with van der Waals surface area (Å²) in [6.45, 7) is 1.99. The van der Waals surface area contributed by atoms with E-state index in [0.29, 0.717) is 10.6 Å². The zero-order valence-electron chi connectivity index (χ0n) is 11.2. The molecule has 104 valence electrons. The molecule has 0 aliphatic heterocycles. The Labute approximate surface area is 121 Å². The molecule has 0 aliphatic rings. The van der Waals surface area contributed by atoms with Crippen molar-refractivity contribution in [3.8, 4) is 0 Å². The highest BCUT2D eigenvalue weighted by molar-refractivity contribution is 7.16. The molecule has 2 rings (SSSR count). The van der Waals surface area contributed by atoms with Crippen molar-refractivity contribution in [1.82, 2.24) is 0 Å². The van der Waals surface area contributed by atoms with Gasteiger partial charge in [-0.3, -0.25) is 9.59 Å². The third-order valence-electron chi connectivity index (χ3n) is 2.86. The number of primary amides is 1. The van der Waals surface area contributed by atoms with Crippen LogP contribution in [0.5, 0.6) is 0 Å². The van der Waals surface area contributed by atoms with Crippen LogP contribution in [0.1, 0.15) is 27.7 Å². The number of benzene rings is 1. The molecule has 3 N–H and O–H groups in total. The molecule has 0 fully saturated rings. The molecule has 0 aliphatic carbocycles. The zero-order chi connectivity index (χ0) is 14.5. The highest BCUT2D eigenvalue weighted by Crippen LogP contribution is 2.28. The number of amides is 2. The van der Waals surface area contributed by atoms with Crippen molar-refractivity contribution in [2.75, 3.05) is 5.32 Å². The maximum atomic E-state index is 12.0. The molecule has 20 heavy (non-hydrogen) atoms. The highest BCUT2D eigenvalue weighted by Gasteiger charge is 2.15. The van der Waals surface area contributed by atoms with E-state index in [4.69, 9.17) is 5.73 Å². The summed E-state index contributed by atoms with van der Waals surface area (Å²) >= 11 is 1.39.